The van der Waals surface area contributed by atoms with Crippen molar-refractivity contribution in [1.82, 2.24) is 9.88 Å². The zero-order valence-corrected chi connectivity index (χ0v) is 14.0. The minimum atomic E-state index is -4.54. The van der Waals surface area contributed by atoms with Gasteiger partial charge in [-0.3, -0.25) is 4.90 Å². The smallest absolute Gasteiger partial charge is 0.414 e. The number of rotatable bonds is 3. The molecule has 0 radical (unpaired) electrons. The molecule has 0 bridgehead atoms. The molecule has 1 aromatic heterocycles. The lowest BCUT2D eigenvalue weighted by molar-refractivity contribution is -0.223. The van der Waals surface area contributed by atoms with Crippen molar-refractivity contribution in [1.29, 1.82) is 0 Å². The molecule has 23 heavy (non-hydrogen) atoms. The highest BCUT2D eigenvalue weighted by Gasteiger charge is 2.44. The Morgan fingerprint density at radius 1 is 1.26 bits per heavy atom. The van der Waals surface area contributed by atoms with Crippen LogP contribution in [0.1, 0.15) is 58.2 Å². The summed E-state index contributed by atoms with van der Waals surface area (Å²) in [6.45, 7) is 9.03. The van der Waals surface area contributed by atoms with E-state index in [0.717, 1.165) is 5.76 Å². The molecule has 2 unspecified atom stereocenters. The van der Waals surface area contributed by atoms with Crippen molar-refractivity contribution in [3.63, 3.8) is 0 Å². The third-order valence-corrected chi connectivity index (χ3v) is 4.52. The van der Waals surface area contributed by atoms with Crippen molar-refractivity contribution in [2.75, 3.05) is 13.1 Å². The van der Waals surface area contributed by atoms with Crippen LogP contribution in [0.15, 0.2) is 10.6 Å². The maximum Gasteiger partial charge on any atom is 0.414 e. The molecule has 1 saturated heterocycles. The lowest BCUT2D eigenvalue weighted by Crippen LogP contribution is -2.44. The summed E-state index contributed by atoms with van der Waals surface area (Å²) in [5.41, 5.74) is -0.130. The fraction of sp³-hybridized carbons (Fsp3) is 0.812. The topological polar surface area (TPSA) is 49.5 Å². The van der Waals surface area contributed by atoms with Gasteiger partial charge < -0.3 is 9.52 Å². The Hall–Kier alpha value is -1.08. The molecule has 2 atom stereocenters. The van der Waals surface area contributed by atoms with Gasteiger partial charge in [0.1, 0.15) is 5.76 Å². The molecule has 7 heteroatoms. The number of alkyl halides is 3. The quantitative estimate of drug-likeness (QED) is 0.916. The summed E-state index contributed by atoms with van der Waals surface area (Å²) < 4.78 is 43.6. The zero-order chi connectivity index (χ0) is 17.4. The summed E-state index contributed by atoms with van der Waals surface area (Å²) in [6.07, 6.45) is -4.42. The summed E-state index contributed by atoms with van der Waals surface area (Å²) in [7, 11) is 0. The largest absolute Gasteiger partial charge is 0.443 e. The fourth-order valence-corrected chi connectivity index (χ4v) is 2.87. The van der Waals surface area contributed by atoms with E-state index in [1.54, 1.807) is 6.20 Å². The van der Waals surface area contributed by atoms with E-state index < -0.39 is 18.2 Å². The number of halogens is 3. The first-order valence-corrected chi connectivity index (χ1v) is 7.95. The van der Waals surface area contributed by atoms with Crippen LogP contribution in [-0.2, 0) is 5.41 Å². The third kappa shape index (κ3) is 4.26. The van der Waals surface area contributed by atoms with Crippen LogP contribution in [0.5, 0.6) is 0 Å². The van der Waals surface area contributed by atoms with Crippen LogP contribution in [0.25, 0.3) is 0 Å². The summed E-state index contributed by atoms with van der Waals surface area (Å²) >= 11 is 0. The van der Waals surface area contributed by atoms with Crippen molar-refractivity contribution >= 4 is 0 Å². The Morgan fingerprint density at radius 3 is 2.26 bits per heavy atom. The molecule has 0 spiro atoms. The van der Waals surface area contributed by atoms with Gasteiger partial charge in [-0.05, 0) is 38.8 Å². The van der Waals surface area contributed by atoms with Gasteiger partial charge in [0.2, 0.25) is 5.89 Å². The molecule has 4 nitrogen and oxygen atoms in total. The average molecular weight is 334 g/mol. The number of hydrogen-bond donors (Lipinski definition) is 1. The highest BCUT2D eigenvalue weighted by Crippen LogP contribution is 2.34. The first-order valence-electron chi connectivity index (χ1n) is 7.95. The molecular formula is C16H25F3N2O2. The number of aliphatic hydroxyl groups excluding tert-OH is 1. The summed E-state index contributed by atoms with van der Waals surface area (Å²) in [5, 5.41) is 9.37. The number of oxazole rings is 1. The second kappa shape index (κ2) is 6.43. The number of nitrogens with zero attached hydrogens (tertiary/aromatic N) is 2. The number of hydrogen-bond acceptors (Lipinski definition) is 4. The Morgan fingerprint density at radius 2 is 1.83 bits per heavy atom. The molecule has 2 heterocycles. The highest BCUT2D eigenvalue weighted by atomic mass is 19.4. The van der Waals surface area contributed by atoms with E-state index in [-0.39, 0.29) is 11.5 Å². The van der Waals surface area contributed by atoms with Gasteiger partial charge in [-0.1, -0.05) is 20.8 Å². The number of aromatic nitrogens is 1. The molecule has 0 saturated carbocycles. The first-order chi connectivity index (χ1) is 10.5. The molecule has 1 fully saturated rings. The van der Waals surface area contributed by atoms with E-state index >= 15 is 0 Å². The second-order valence-electron chi connectivity index (χ2n) is 7.35. The van der Waals surface area contributed by atoms with Crippen LogP contribution in [0, 0.1) is 5.92 Å². The van der Waals surface area contributed by atoms with Gasteiger partial charge in [0.05, 0.1) is 12.2 Å². The van der Waals surface area contributed by atoms with E-state index in [9.17, 15) is 18.3 Å². The van der Waals surface area contributed by atoms with Crippen molar-refractivity contribution in [3.8, 4) is 0 Å². The van der Waals surface area contributed by atoms with Crippen LogP contribution < -0.4 is 0 Å². The Balaban J connectivity index is 1.96. The van der Waals surface area contributed by atoms with Gasteiger partial charge >= 0.3 is 6.18 Å². The standard InChI is InChI=1S/C16H25F3N2O2/c1-10(14-20-9-12(23-14)15(2,3)4)21-7-5-11(6-8-21)13(22)16(17,18)19/h9-11,13,22H,5-8H2,1-4H3. The summed E-state index contributed by atoms with van der Waals surface area (Å²) in [4.78, 5) is 6.37. The van der Waals surface area contributed by atoms with E-state index in [0.29, 0.717) is 31.8 Å². The third-order valence-electron chi connectivity index (χ3n) is 4.52. The molecule has 2 rings (SSSR count). The minimum Gasteiger partial charge on any atom is -0.443 e. The molecule has 1 N–H and O–H groups in total. The van der Waals surface area contributed by atoms with Crippen LogP contribution in [0.2, 0.25) is 0 Å². The Labute approximate surface area is 134 Å². The van der Waals surface area contributed by atoms with Gasteiger partial charge in [0.15, 0.2) is 6.10 Å². The Bertz CT molecular complexity index is 514. The lowest BCUT2D eigenvalue weighted by atomic mass is 9.90. The van der Waals surface area contributed by atoms with Crippen LogP contribution >= 0.6 is 0 Å². The molecule has 1 aromatic rings. The van der Waals surface area contributed by atoms with Crippen LogP contribution in [0.3, 0.4) is 0 Å². The van der Waals surface area contributed by atoms with E-state index in [1.165, 1.54) is 0 Å². The van der Waals surface area contributed by atoms with Gasteiger partial charge in [0, 0.05) is 5.41 Å². The van der Waals surface area contributed by atoms with Crippen molar-refractivity contribution in [2.45, 2.75) is 64.3 Å². The van der Waals surface area contributed by atoms with Crippen LogP contribution in [0.4, 0.5) is 13.2 Å². The molecule has 132 valence electrons. The molecule has 1 aliphatic rings. The maximum atomic E-state index is 12.6. The van der Waals surface area contributed by atoms with Crippen molar-refractivity contribution < 1.29 is 22.7 Å². The predicted octanol–water partition coefficient (Wildman–Crippen LogP) is 3.67. The van der Waals surface area contributed by atoms with Crippen molar-refractivity contribution in [2.24, 2.45) is 5.92 Å². The summed E-state index contributed by atoms with van der Waals surface area (Å²) in [5.74, 6) is 0.652. The van der Waals surface area contributed by atoms with E-state index in [2.05, 4.69) is 9.88 Å². The molecule has 0 aromatic carbocycles. The van der Waals surface area contributed by atoms with Gasteiger partial charge in [-0.15, -0.1) is 0 Å². The second-order valence-corrected chi connectivity index (χ2v) is 7.35. The highest BCUT2D eigenvalue weighted by molar-refractivity contribution is 5.07. The minimum absolute atomic E-state index is 0.0879. The van der Waals surface area contributed by atoms with Crippen molar-refractivity contribution in [3.05, 3.63) is 17.8 Å². The SMILES string of the molecule is CC(c1ncc(C(C)(C)C)o1)N1CCC(C(O)C(F)(F)F)CC1. The predicted molar refractivity (Wildman–Crippen MR) is 80.0 cm³/mol. The molecular weight excluding hydrogens is 309 g/mol. The number of likely N-dealkylation sites (tertiary alicyclic amines) is 1. The lowest BCUT2D eigenvalue weighted by Gasteiger charge is -2.36. The van der Waals surface area contributed by atoms with Gasteiger partial charge in [-0.2, -0.15) is 13.2 Å². The normalized spacial score (nSPS) is 21.4. The van der Waals surface area contributed by atoms with E-state index in [4.69, 9.17) is 4.42 Å². The first kappa shape index (κ1) is 18.3. The van der Waals surface area contributed by atoms with E-state index in [1.807, 2.05) is 27.7 Å². The number of piperidine rings is 1. The summed E-state index contributed by atoms with van der Waals surface area (Å²) in [6, 6.07) is -0.0879. The molecule has 0 aliphatic carbocycles. The van der Waals surface area contributed by atoms with Crippen LogP contribution in [-0.4, -0.2) is 40.4 Å². The van der Waals surface area contributed by atoms with Gasteiger partial charge in [0.25, 0.3) is 0 Å². The van der Waals surface area contributed by atoms with Gasteiger partial charge in [-0.25, -0.2) is 4.98 Å². The maximum absolute atomic E-state index is 12.6. The zero-order valence-electron chi connectivity index (χ0n) is 14.0. The monoisotopic (exact) mass is 334 g/mol. The number of aliphatic hydroxyl groups is 1. The fourth-order valence-electron chi connectivity index (χ4n) is 2.87. The molecule has 0 amide bonds. The average Bonchev–Trinajstić information content (AvgIpc) is 2.95. The Kier molecular flexibility index (Phi) is 5.11. The molecule has 1 aliphatic heterocycles.